The van der Waals surface area contributed by atoms with E-state index in [9.17, 15) is 0 Å². The first-order chi connectivity index (χ1) is 9.65. The van der Waals surface area contributed by atoms with E-state index in [0.29, 0.717) is 10.8 Å². The Bertz CT molecular complexity index is 568. The third-order valence-electron chi connectivity index (χ3n) is 3.19. The summed E-state index contributed by atoms with van der Waals surface area (Å²) in [7, 11) is 3.72. The van der Waals surface area contributed by atoms with Gasteiger partial charge in [0.05, 0.1) is 17.8 Å². The molecule has 0 aliphatic heterocycles. The van der Waals surface area contributed by atoms with E-state index in [2.05, 4.69) is 29.1 Å². The van der Waals surface area contributed by atoms with Crippen LogP contribution in [-0.4, -0.2) is 35.8 Å². The number of halogens is 1. The van der Waals surface area contributed by atoms with E-state index in [0.717, 1.165) is 30.8 Å². The zero-order valence-electron chi connectivity index (χ0n) is 12.1. The van der Waals surface area contributed by atoms with Crippen molar-refractivity contribution in [3.63, 3.8) is 0 Å². The molecule has 0 amide bonds. The number of benzene rings is 1. The summed E-state index contributed by atoms with van der Waals surface area (Å²) in [6, 6.07) is 5.73. The molecule has 4 nitrogen and oxygen atoms in total. The van der Waals surface area contributed by atoms with Gasteiger partial charge in [0, 0.05) is 23.9 Å². The number of methoxy groups -OCH3 is 1. The molecule has 108 valence electrons. The third-order valence-corrected chi connectivity index (χ3v) is 3.49. The molecule has 1 aromatic carbocycles. The number of hydrogen-bond donors (Lipinski definition) is 1. The van der Waals surface area contributed by atoms with Gasteiger partial charge < -0.3 is 9.64 Å². The van der Waals surface area contributed by atoms with Crippen LogP contribution >= 0.6 is 11.6 Å². The molecule has 0 aliphatic rings. The summed E-state index contributed by atoms with van der Waals surface area (Å²) >= 11 is 6.18. The Kier molecular flexibility index (Phi) is 5.04. The van der Waals surface area contributed by atoms with Gasteiger partial charge >= 0.3 is 0 Å². The number of rotatable bonds is 6. The summed E-state index contributed by atoms with van der Waals surface area (Å²) in [6.45, 7) is 4.10. The number of hydrogen-bond acceptors (Lipinski definition) is 3. The summed E-state index contributed by atoms with van der Waals surface area (Å²) in [5, 5.41) is 7.88. The Balaban J connectivity index is 2.25. The molecule has 5 heteroatoms. The topological polar surface area (TPSA) is 41.2 Å². The van der Waals surface area contributed by atoms with E-state index in [-0.39, 0.29) is 0 Å². The first-order valence-corrected chi connectivity index (χ1v) is 7.08. The molecule has 0 unspecified atom stereocenters. The normalized spacial score (nSPS) is 11.1. The zero-order chi connectivity index (χ0) is 14.5. The lowest BCUT2D eigenvalue weighted by Crippen LogP contribution is -2.18. The molecular formula is C15H20ClN3O. The minimum absolute atomic E-state index is 0.598. The minimum atomic E-state index is 0.598. The van der Waals surface area contributed by atoms with Crippen molar-refractivity contribution in [1.29, 1.82) is 0 Å². The van der Waals surface area contributed by atoms with Gasteiger partial charge in [-0.3, -0.25) is 5.10 Å². The number of ether oxygens (including phenoxy) is 1. The molecule has 0 saturated heterocycles. The maximum atomic E-state index is 6.18. The smallest absolute Gasteiger partial charge is 0.137 e. The zero-order valence-corrected chi connectivity index (χ0v) is 12.9. The van der Waals surface area contributed by atoms with Crippen LogP contribution in [0, 0.1) is 0 Å². The highest BCUT2D eigenvalue weighted by molar-refractivity contribution is 6.32. The van der Waals surface area contributed by atoms with Gasteiger partial charge in [0.2, 0.25) is 0 Å². The highest BCUT2D eigenvalue weighted by Crippen LogP contribution is 2.30. The fourth-order valence-corrected chi connectivity index (χ4v) is 2.51. The first-order valence-electron chi connectivity index (χ1n) is 6.70. The highest BCUT2D eigenvalue weighted by atomic mass is 35.5. The summed E-state index contributed by atoms with van der Waals surface area (Å²) in [5.74, 6) is 0.676. The fraction of sp³-hybridized carbons (Fsp3) is 0.400. The quantitative estimate of drug-likeness (QED) is 0.885. The summed E-state index contributed by atoms with van der Waals surface area (Å²) < 4.78 is 5.18. The van der Waals surface area contributed by atoms with Crippen molar-refractivity contribution in [3.8, 4) is 17.0 Å². The minimum Gasteiger partial charge on any atom is -0.495 e. The molecule has 0 fully saturated rings. The van der Waals surface area contributed by atoms with Crippen molar-refractivity contribution in [2.75, 3.05) is 20.7 Å². The van der Waals surface area contributed by atoms with Gasteiger partial charge in [-0.2, -0.15) is 5.10 Å². The Morgan fingerprint density at radius 1 is 1.40 bits per heavy atom. The van der Waals surface area contributed by atoms with Crippen LogP contribution in [0.4, 0.5) is 0 Å². The molecule has 0 spiro atoms. The molecule has 1 N–H and O–H groups in total. The van der Waals surface area contributed by atoms with E-state index >= 15 is 0 Å². The summed E-state index contributed by atoms with van der Waals surface area (Å²) in [4.78, 5) is 2.28. The van der Waals surface area contributed by atoms with Crippen molar-refractivity contribution in [3.05, 3.63) is 35.0 Å². The summed E-state index contributed by atoms with van der Waals surface area (Å²) in [5.41, 5.74) is 3.11. The van der Waals surface area contributed by atoms with Crippen LogP contribution in [0.15, 0.2) is 24.4 Å². The number of nitrogens with one attached hydrogen (secondary N) is 1. The largest absolute Gasteiger partial charge is 0.495 e. The second-order valence-corrected chi connectivity index (χ2v) is 5.25. The number of aromatic nitrogens is 2. The molecule has 1 heterocycles. The van der Waals surface area contributed by atoms with Gasteiger partial charge in [-0.1, -0.05) is 18.5 Å². The average Bonchev–Trinajstić information content (AvgIpc) is 2.87. The maximum Gasteiger partial charge on any atom is 0.137 e. The lowest BCUT2D eigenvalue weighted by molar-refractivity contribution is 0.328. The van der Waals surface area contributed by atoms with Crippen molar-refractivity contribution in [2.45, 2.75) is 19.9 Å². The molecule has 2 rings (SSSR count). The molecule has 0 bridgehead atoms. The second kappa shape index (κ2) is 6.77. The Hall–Kier alpha value is -1.52. The van der Waals surface area contributed by atoms with E-state index < -0.39 is 0 Å². The molecule has 1 aromatic heterocycles. The van der Waals surface area contributed by atoms with Crippen LogP contribution in [0.25, 0.3) is 11.3 Å². The molecule has 20 heavy (non-hydrogen) atoms. The van der Waals surface area contributed by atoms with Gasteiger partial charge in [0.15, 0.2) is 0 Å². The van der Waals surface area contributed by atoms with Gasteiger partial charge in [-0.25, -0.2) is 0 Å². The van der Waals surface area contributed by atoms with Crippen molar-refractivity contribution in [2.24, 2.45) is 0 Å². The third kappa shape index (κ3) is 3.32. The van der Waals surface area contributed by atoms with Gasteiger partial charge in [0.25, 0.3) is 0 Å². The van der Waals surface area contributed by atoms with E-state index in [1.165, 1.54) is 5.56 Å². The SMILES string of the molecule is CCCN(C)Cc1c[nH]nc1-c1ccc(OC)c(Cl)c1. The van der Waals surface area contributed by atoms with Crippen LogP contribution in [0.2, 0.25) is 5.02 Å². The molecule has 0 radical (unpaired) electrons. The first kappa shape index (κ1) is 14.9. The van der Waals surface area contributed by atoms with E-state index in [4.69, 9.17) is 16.3 Å². The number of aromatic amines is 1. The van der Waals surface area contributed by atoms with Crippen molar-refractivity contribution < 1.29 is 4.74 Å². The molecule has 0 aliphatic carbocycles. The van der Waals surface area contributed by atoms with Crippen LogP contribution in [0.1, 0.15) is 18.9 Å². The predicted octanol–water partition coefficient (Wildman–Crippen LogP) is 3.58. The van der Waals surface area contributed by atoms with Gasteiger partial charge in [-0.15, -0.1) is 0 Å². The molecule has 0 saturated carbocycles. The van der Waals surface area contributed by atoms with E-state index in [1.807, 2.05) is 24.4 Å². The van der Waals surface area contributed by atoms with Crippen LogP contribution in [0.3, 0.4) is 0 Å². The lowest BCUT2D eigenvalue weighted by Gasteiger charge is -2.15. The second-order valence-electron chi connectivity index (χ2n) is 4.85. The average molecular weight is 294 g/mol. The van der Waals surface area contributed by atoms with Gasteiger partial charge in [0.1, 0.15) is 5.75 Å². The Morgan fingerprint density at radius 3 is 2.85 bits per heavy atom. The van der Waals surface area contributed by atoms with Crippen LogP contribution in [-0.2, 0) is 6.54 Å². The standard InChI is InChI=1S/C15H20ClN3O/c1-4-7-19(2)10-12-9-17-18-15(12)11-5-6-14(20-3)13(16)8-11/h5-6,8-9H,4,7,10H2,1-3H3,(H,17,18). The number of H-pyrrole nitrogens is 1. The molecular weight excluding hydrogens is 274 g/mol. The van der Waals surface area contributed by atoms with Crippen LogP contribution < -0.4 is 4.74 Å². The van der Waals surface area contributed by atoms with E-state index in [1.54, 1.807) is 7.11 Å². The Morgan fingerprint density at radius 2 is 2.20 bits per heavy atom. The summed E-state index contributed by atoms with van der Waals surface area (Å²) in [6.07, 6.45) is 3.08. The Labute approximate surface area is 124 Å². The maximum absolute atomic E-state index is 6.18. The molecule has 2 aromatic rings. The van der Waals surface area contributed by atoms with Gasteiger partial charge in [-0.05, 0) is 38.2 Å². The fourth-order valence-electron chi connectivity index (χ4n) is 2.25. The van der Waals surface area contributed by atoms with Crippen molar-refractivity contribution >= 4 is 11.6 Å². The highest BCUT2D eigenvalue weighted by Gasteiger charge is 2.12. The molecule has 0 atom stereocenters. The number of nitrogens with zero attached hydrogens (tertiary/aromatic N) is 2. The predicted molar refractivity (Wildman–Crippen MR) is 82.2 cm³/mol. The monoisotopic (exact) mass is 293 g/mol. The van der Waals surface area contributed by atoms with Crippen LogP contribution in [0.5, 0.6) is 5.75 Å². The van der Waals surface area contributed by atoms with Crippen molar-refractivity contribution in [1.82, 2.24) is 15.1 Å². The lowest BCUT2D eigenvalue weighted by atomic mass is 10.1.